The highest BCUT2D eigenvalue weighted by Crippen LogP contribution is 2.46. The van der Waals surface area contributed by atoms with E-state index < -0.39 is 23.3 Å². The fourth-order valence-electron chi connectivity index (χ4n) is 4.87. The summed E-state index contributed by atoms with van der Waals surface area (Å²) in [6.07, 6.45) is 0.340. The van der Waals surface area contributed by atoms with Gasteiger partial charge in [-0.3, -0.25) is 14.5 Å². The van der Waals surface area contributed by atoms with Crippen molar-refractivity contribution in [2.45, 2.75) is 31.8 Å². The van der Waals surface area contributed by atoms with Crippen molar-refractivity contribution >= 4 is 29.1 Å². The van der Waals surface area contributed by atoms with Crippen LogP contribution in [-0.2, 0) is 25.5 Å². The van der Waals surface area contributed by atoms with Crippen molar-refractivity contribution in [3.63, 3.8) is 0 Å². The summed E-state index contributed by atoms with van der Waals surface area (Å²) in [4.78, 5) is 42.2. The number of thiophene rings is 1. The third-order valence-electron chi connectivity index (χ3n) is 6.04. The van der Waals surface area contributed by atoms with E-state index in [1.165, 1.54) is 4.90 Å². The topological polar surface area (TPSA) is 80.3 Å². The standard InChI is InChI=1S/C22H24N2O4S/c1-3-24-19(25)16-17(20(24)26)22(21(27)28-4-2,13-14-9-6-5-7-10-14)23-18(16)15-11-8-12-29-15/h5-12,16-18,23H,3-4,13H2,1-2H3/p+1/t16-,17+,18-,22-/m1/s1. The Balaban J connectivity index is 1.85. The lowest BCUT2D eigenvalue weighted by molar-refractivity contribution is -0.733. The number of ether oxygens (including phenoxy) is 1. The van der Waals surface area contributed by atoms with E-state index in [2.05, 4.69) is 0 Å². The first kappa shape index (κ1) is 19.8. The Bertz CT molecular complexity index is 914. The number of benzene rings is 1. The number of hydrogen-bond acceptors (Lipinski definition) is 5. The minimum atomic E-state index is -1.16. The van der Waals surface area contributed by atoms with Crippen molar-refractivity contribution in [2.75, 3.05) is 13.2 Å². The molecule has 2 aromatic rings. The average Bonchev–Trinajstić information content (AvgIpc) is 3.41. The molecule has 29 heavy (non-hydrogen) atoms. The molecule has 7 heteroatoms. The van der Waals surface area contributed by atoms with Crippen LogP contribution in [0, 0.1) is 11.8 Å². The van der Waals surface area contributed by atoms with E-state index in [4.69, 9.17) is 4.74 Å². The molecule has 4 atom stereocenters. The van der Waals surface area contributed by atoms with Crippen LogP contribution in [0.2, 0.25) is 0 Å². The molecule has 2 aliphatic rings. The maximum Gasteiger partial charge on any atom is 0.369 e. The van der Waals surface area contributed by atoms with Gasteiger partial charge in [-0.15, -0.1) is 11.3 Å². The number of esters is 1. The fourth-order valence-corrected chi connectivity index (χ4v) is 5.71. The number of fused-ring (bicyclic) bond motifs is 1. The highest BCUT2D eigenvalue weighted by Gasteiger charge is 2.72. The molecule has 2 N–H and O–H groups in total. The Kier molecular flexibility index (Phi) is 5.27. The molecular formula is C22H25N2O4S+. The van der Waals surface area contributed by atoms with Gasteiger partial charge in [0, 0.05) is 13.0 Å². The molecule has 152 valence electrons. The van der Waals surface area contributed by atoms with Crippen LogP contribution in [-0.4, -0.2) is 41.4 Å². The summed E-state index contributed by atoms with van der Waals surface area (Å²) in [6.45, 7) is 4.09. The molecular weight excluding hydrogens is 388 g/mol. The van der Waals surface area contributed by atoms with Crippen LogP contribution < -0.4 is 5.32 Å². The number of nitrogens with two attached hydrogens (primary N) is 1. The summed E-state index contributed by atoms with van der Waals surface area (Å²) in [7, 11) is 0. The summed E-state index contributed by atoms with van der Waals surface area (Å²) >= 11 is 1.55. The summed E-state index contributed by atoms with van der Waals surface area (Å²) in [5, 5.41) is 3.89. The molecule has 6 nitrogen and oxygen atoms in total. The Labute approximate surface area is 173 Å². The minimum Gasteiger partial charge on any atom is -0.461 e. The lowest BCUT2D eigenvalue weighted by atomic mass is 9.76. The fraction of sp³-hybridized carbons (Fsp3) is 0.409. The summed E-state index contributed by atoms with van der Waals surface area (Å²) < 4.78 is 5.48. The molecule has 2 saturated heterocycles. The monoisotopic (exact) mass is 413 g/mol. The molecule has 2 fully saturated rings. The number of likely N-dealkylation sites (tertiary alicyclic amines) is 1. The smallest absolute Gasteiger partial charge is 0.369 e. The molecule has 0 spiro atoms. The van der Waals surface area contributed by atoms with Crippen LogP contribution in [0.25, 0.3) is 0 Å². The van der Waals surface area contributed by atoms with Gasteiger partial charge in [-0.25, -0.2) is 4.79 Å². The van der Waals surface area contributed by atoms with Gasteiger partial charge < -0.3 is 10.1 Å². The van der Waals surface area contributed by atoms with Gasteiger partial charge in [0.2, 0.25) is 17.4 Å². The van der Waals surface area contributed by atoms with Gasteiger partial charge in [-0.1, -0.05) is 36.4 Å². The van der Waals surface area contributed by atoms with Crippen molar-refractivity contribution in [1.29, 1.82) is 0 Å². The Morgan fingerprint density at radius 1 is 1.14 bits per heavy atom. The number of hydrogen-bond donors (Lipinski definition) is 1. The molecule has 1 aromatic carbocycles. The van der Waals surface area contributed by atoms with E-state index in [0.717, 1.165) is 10.4 Å². The third-order valence-corrected chi connectivity index (χ3v) is 7.02. The number of imide groups is 1. The molecule has 0 aliphatic carbocycles. The number of quaternary nitrogens is 1. The Hall–Kier alpha value is -2.51. The van der Waals surface area contributed by atoms with Crippen molar-refractivity contribution in [2.24, 2.45) is 11.8 Å². The van der Waals surface area contributed by atoms with Crippen molar-refractivity contribution in [3.8, 4) is 0 Å². The second-order valence-corrected chi connectivity index (χ2v) is 8.53. The van der Waals surface area contributed by atoms with Crippen LogP contribution in [0.4, 0.5) is 0 Å². The normalized spacial score (nSPS) is 28.6. The zero-order chi connectivity index (χ0) is 20.6. The Morgan fingerprint density at radius 3 is 2.52 bits per heavy atom. The first-order valence-electron chi connectivity index (χ1n) is 9.99. The minimum absolute atomic E-state index is 0.184. The molecule has 3 heterocycles. The van der Waals surface area contributed by atoms with Gasteiger partial charge in [-0.2, -0.15) is 0 Å². The lowest BCUT2D eigenvalue weighted by Crippen LogP contribution is -2.98. The highest BCUT2D eigenvalue weighted by molar-refractivity contribution is 7.10. The molecule has 0 unspecified atom stereocenters. The lowest BCUT2D eigenvalue weighted by Gasteiger charge is -2.29. The van der Waals surface area contributed by atoms with Crippen molar-refractivity contribution in [3.05, 3.63) is 58.3 Å². The first-order valence-corrected chi connectivity index (χ1v) is 10.9. The zero-order valence-electron chi connectivity index (χ0n) is 16.5. The quantitative estimate of drug-likeness (QED) is 0.575. The second-order valence-electron chi connectivity index (χ2n) is 7.56. The maximum absolute atomic E-state index is 13.3. The molecule has 0 radical (unpaired) electrons. The summed E-state index contributed by atoms with van der Waals surface area (Å²) in [6, 6.07) is 13.3. The number of carbonyl (C=O) groups excluding carboxylic acids is 3. The van der Waals surface area contributed by atoms with Gasteiger partial charge in [0.1, 0.15) is 17.9 Å². The van der Waals surface area contributed by atoms with Crippen molar-refractivity contribution in [1.82, 2.24) is 4.90 Å². The van der Waals surface area contributed by atoms with Gasteiger partial charge in [0.05, 0.1) is 11.5 Å². The van der Waals surface area contributed by atoms with E-state index in [9.17, 15) is 14.4 Å². The number of rotatable bonds is 6. The molecule has 1 aromatic heterocycles. The average molecular weight is 414 g/mol. The van der Waals surface area contributed by atoms with Gasteiger partial charge in [0.15, 0.2) is 0 Å². The van der Waals surface area contributed by atoms with E-state index in [1.54, 1.807) is 25.2 Å². The third kappa shape index (κ3) is 3.09. The predicted molar refractivity (Wildman–Crippen MR) is 108 cm³/mol. The molecule has 2 aliphatic heterocycles. The van der Waals surface area contributed by atoms with E-state index in [1.807, 2.05) is 53.2 Å². The molecule has 2 amide bonds. The zero-order valence-corrected chi connectivity index (χ0v) is 17.4. The van der Waals surface area contributed by atoms with Gasteiger partial charge in [0.25, 0.3) is 0 Å². The molecule has 4 rings (SSSR count). The molecule has 0 bridgehead atoms. The van der Waals surface area contributed by atoms with Crippen LogP contribution in [0.1, 0.15) is 30.3 Å². The maximum atomic E-state index is 13.3. The first-order chi connectivity index (χ1) is 14.0. The largest absolute Gasteiger partial charge is 0.461 e. The van der Waals surface area contributed by atoms with Crippen molar-refractivity contribution < 1.29 is 24.4 Å². The highest BCUT2D eigenvalue weighted by atomic mass is 32.1. The summed E-state index contributed by atoms with van der Waals surface area (Å²) in [5.74, 6) is -2.16. The number of carbonyl (C=O) groups is 3. The predicted octanol–water partition coefficient (Wildman–Crippen LogP) is 1.53. The van der Waals surface area contributed by atoms with Gasteiger partial charge in [-0.05, 0) is 30.9 Å². The van der Waals surface area contributed by atoms with Crippen LogP contribution in [0.3, 0.4) is 0 Å². The van der Waals surface area contributed by atoms with E-state index >= 15 is 0 Å². The second kappa shape index (κ2) is 7.72. The number of nitrogens with zero attached hydrogens (tertiary/aromatic N) is 1. The van der Waals surface area contributed by atoms with Gasteiger partial charge >= 0.3 is 5.97 Å². The van der Waals surface area contributed by atoms with Crippen LogP contribution in [0.15, 0.2) is 47.8 Å². The summed E-state index contributed by atoms with van der Waals surface area (Å²) in [5.41, 5.74) is -0.217. The van der Waals surface area contributed by atoms with E-state index in [-0.39, 0.29) is 24.5 Å². The molecule has 0 saturated carbocycles. The van der Waals surface area contributed by atoms with E-state index in [0.29, 0.717) is 13.0 Å². The SMILES string of the molecule is CCOC(=O)[C@]1(Cc2ccccc2)[NH2+][C@H](c2cccs2)[C@@H]2C(=O)N(CC)C(=O)[C@H]21. The Morgan fingerprint density at radius 2 is 1.90 bits per heavy atom. The van der Waals surface area contributed by atoms with Crippen LogP contribution >= 0.6 is 11.3 Å². The number of amides is 2. The van der Waals surface area contributed by atoms with Crippen LogP contribution in [0.5, 0.6) is 0 Å².